The van der Waals surface area contributed by atoms with Gasteiger partial charge in [-0.1, -0.05) is 130 Å². The normalized spacial score (nSPS) is 13.2. The van der Waals surface area contributed by atoms with Gasteiger partial charge in [-0.3, -0.25) is 4.79 Å². The number of carbonyl (C=O) groups excluding carboxylic acids is 1. The maximum atomic E-state index is 12.8. The summed E-state index contributed by atoms with van der Waals surface area (Å²) in [6.45, 7) is 10.4. The SMILES string of the molecule is CCCCCCCCC(CCCCCC)C(=O)OCCCCCCN(CCCCCCCC)CC(O)CN. The molecule has 2 unspecified atom stereocenters. The van der Waals surface area contributed by atoms with E-state index in [-0.39, 0.29) is 11.9 Å². The number of unbranched alkanes of at least 4 members (excludes halogenated alkanes) is 16. The second-order valence-corrected chi connectivity index (χ2v) is 11.6. The fourth-order valence-electron chi connectivity index (χ4n) is 5.23. The van der Waals surface area contributed by atoms with Crippen LogP contribution in [0.25, 0.3) is 0 Å². The molecule has 0 aromatic rings. The van der Waals surface area contributed by atoms with E-state index in [2.05, 4.69) is 25.7 Å². The Kier molecular flexibility index (Phi) is 28.8. The molecule has 38 heavy (non-hydrogen) atoms. The van der Waals surface area contributed by atoms with Gasteiger partial charge in [0.15, 0.2) is 0 Å². The molecule has 0 aromatic heterocycles. The van der Waals surface area contributed by atoms with Crippen LogP contribution < -0.4 is 5.73 Å². The van der Waals surface area contributed by atoms with Crippen LogP contribution in [0.2, 0.25) is 0 Å². The summed E-state index contributed by atoms with van der Waals surface area (Å²) >= 11 is 0. The van der Waals surface area contributed by atoms with E-state index in [0.717, 1.165) is 64.5 Å². The van der Waals surface area contributed by atoms with E-state index in [1.807, 2.05) is 0 Å². The first-order valence-corrected chi connectivity index (χ1v) is 16.9. The monoisotopic (exact) mass is 541 g/mol. The molecule has 0 aliphatic carbocycles. The Balaban J connectivity index is 4.17. The van der Waals surface area contributed by atoms with E-state index in [1.165, 1.54) is 89.9 Å². The van der Waals surface area contributed by atoms with Crippen LogP contribution >= 0.6 is 0 Å². The van der Waals surface area contributed by atoms with Crippen molar-refractivity contribution < 1.29 is 14.6 Å². The van der Waals surface area contributed by atoms with Crippen molar-refractivity contribution >= 4 is 5.97 Å². The maximum Gasteiger partial charge on any atom is 0.308 e. The number of nitrogens with two attached hydrogens (primary N) is 1. The highest BCUT2D eigenvalue weighted by Gasteiger charge is 2.19. The van der Waals surface area contributed by atoms with E-state index in [0.29, 0.717) is 19.7 Å². The molecule has 0 fully saturated rings. The minimum Gasteiger partial charge on any atom is -0.465 e. The molecule has 2 atom stereocenters. The van der Waals surface area contributed by atoms with Gasteiger partial charge in [-0.15, -0.1) is 0 Å². The number of nitrogens with zero attached hydrogens (tertiary/aromatic N) is 1. The van der Waals surface area contributed by atoms with Gasteiger partial charge in [-0.2, -0.15) is 0 Å². The van der Waals surface area contributed by atoms with Crippen LogP contribution in [0.5, 0.6) is 0 Å². The van der Waals surface area contributed by atoms with Crippen LogP contribution in [0.4, 0.5) is 0 Å². The molecule has 0 rings (SSSR count). The summed E-state index contributed by atoms with van der Waals surface area (Å²) in [5, 5.41) is 10.0. The van der Waals surface area contributed by atoms with Crippen LogP contribution in [0.1, 0.15) is 162 Å². The highest BCUT2D eigenvalue weighted by molar-refractivity contribution is 5.72. The number of rotatable bonds is 30. The van der Waals surface area contributed by atoms with Gasteiger partial charge >= 0.3 is 5.97 Å². The molecular weight excluding hydrogens is 472 g/mol. The minimum atomic E-state index is -0.430. The zero-order valence-electron chi connectivity index (χ0n) is 26.0. The van der Waals surface area contributed by atoms with E-state index in [4.69, 9.17) is 10.5 Å². The molecule has 0 heterocycles. The van der Waals surface area contributed by atoms with Crippen molar-refractivity contribution in [3.63, 3.8) is 0 Å². The van der Waals surface area contributed by atoms with Crippen molar-refractivity contribution in [2.75, 3.05) is 32.8 Å². The van der Waals surface area contributed by atoms with Gasteiger partial charge in [0.2, 0.25) is 0 Å². The second kappa shape index (κ2) is 29.3. The Bertz CT molecular complexity index is 489. The third-order valence-corrected chi connectivity index (χ3v) is 7.83. The summed E-state index contributed by atoms with van der Waals surface area (Å²) in [5.74, 6) is 0.151. The predicted octanol–water partition coefficient (Wildman–Crippen LogP) is 8.41. The topological polar surface area (TPSA) is 75.8 Å². The molecule has 0 aromatic carbocycles. The number of aliphatic hydroxyl groups is 1. The molecule has 3 N–H and O–H groups in total. The molecule has 228 valence electrons. The van der Waals surface area contributed by atoms with Gasteiger partial charge < -0.3 is 20.5 Å². The lowest BCUT2D eigenvalue weighted by Crippen LogP contribution is -2.37. The first-order valence-electron chi connectivity index (χ1n) is 16.9. The Labute approximate surface area is 238 Å². The lowest BCUT2D eigenvalue weighted by molar-refractivity contribution is -0.149. The number of ether oxygens (including phenoxy) is 1. The third kappa shape index (κ3) is 24.4. The Morgan fingerprint density at radius 2 is 1.08 bits per heavy atom. The molecule has 0 amide bonds. The molecule has 0 spiro atoms. The fourth-order valence-corrected chi connectivity index (χ4v) is 5.23. The lowest BCUT2D eigenvalue weighted by Gasteiger charge is -2.24. The summed E-state index contributed by atoms with van der Waals surface area (Å²) in [6.07, 6.45) is 26.2. The highest BCUT2D eigenvalue weighted by Crippen LogP contribution is 2.21. The van der Waals surface area contributed by atoms with E-state index in [9.17, 15) is 9.90 Å². The van der Waals surface area contributed by atoms with E-state index in [1.54, 1.807) is 0 Å². The van der Waals surface area contributed by atoms with Crippen molar-refractivity contribution in [3.05, 3.63) is 0 Å². The molecule has 0 aliphatic heterocycles. The molecule has 0 saturated heterocycles. The number of esters is 1. The Morgan fingerprint density at radius 3 is 1.58 bits per heavy atom. The van der Waals surface area contributed by atoms with Gasteiger partial charge in [0, 0.05) is 13.1 Å². The second-order valence-electron chi connectivity index (χ2n) is 11.6. The summed E-state index contributed by atoms with van der Waals surface area (Å²) in [7, 11) is 0. The van der Waals surface area contributed by atoms with E-state index < -0.39 is 6.10 Å². The third-order valence-electron chi connectivity index (χ3n) is 7.83. The molecule has 0 radical (unpaired) electrons. The van der Waals surface area contributed by atoms with Crippen LogP contribution in [0, 0.1) is 5.92 Å². The smallest absolute Gasteiger partial charge is 0.308 e. The van der Waals surface area contributed by atoms with Gasteiger partial charge in [0.25, 0.3) is 0 Å². The molecular formula is C33H68N2O3. The Hall–Kier alpha value is -0.650. The van der Waals surface area contributed by atoms with Crippen molar-refractivity contribution in [1.29, 1.82) is 0 Å². The standard InChI is InChI=1S/C33H68N2O3/c1-4-7-10-13-15-20-25-31(24-19-12-9-6-3)33(37)38-28-23-18-17-22-27-35(30-32(36)29-34)26-21-16-14-11-8-5-2/h31-32,36H,4-30,34H2,1-3H3. The summed E-state index contributed by atoms with van der Waals surface area (Å²) in [5.41, 5.74) is 5.66. The zero-order chi connectivity index (χ0) is 28.1. The van der Waals surface area contributed by atoms with Gasteiger partial charge in [0.1, 0.15) is 0 Å². The Morgan fingerprint density at radius 1 is 0.658 bits per heavy atom. The lowest BCUT2D eigenvalue weighted by atomic mass is 9.94. The molecule has 0 aliphatic rings. The molecule has 5 heteroatoms. The predicted molar refractivity (Wildman–Crippen MR) is 165 cm³/mol. The average molecular weight is 541 g/mol. The van der Waals surface area contributed by atoms with Crippen LogP contribution in [-0.4, -0.2) is 54.9 Å². The zero-order valence-corrected chi connectivity index (χ0v) is 26.0. The first-order chi connectivity index (χ1) is 18.6. The van der Waals surface area contributed by atoms with E-state index >= 15 is 0 Å². The number of hydrogen-bond donors (Lipinski definition) is 2. The van der Waals surface area contributed by atoms with Crippen molar-refractivity contribution in [2.24, 2.45) is 11.7 Å². The largest absolute Gasteiger partial charge is 0.465 e. The van der Waals surface area contributed by atoms with Crippen molar-refractivity contribution in [2.45, 2.75) is 168 Å². The molecule has 5 nitrogen and oxygen atoms in total. The van der Waals surface area contributed by atoms with Crippen LogP contribution in [-0.2, 0) is 9.53 Å². The highest BCUT2D eigenvalue weighted by atomic mass is 16.5. The van der Waals surface area contributed by atoms with Crippen LogP contribution in [0.15, 0.2) is 0 Å². The van der Waals surface area contributed by atoms with Crippen molar-refractivity contribution in [1.82, 2.24) is 4.90 Å². The van der Waals surface area contributed by atoms with Gasteiger partial charge in [0.05, 0.1) is 18.6 Å². The molecule has 0 bridgehead atoms. The number of aliphatic hydroxyl groups excluding tert-OH is 1. The minimum absolute atomic E-state index is 0.0518. The van der Waals surface area contributed by atoms with Crippen molar-refractivity contribution in [3.8, 4) is 0 Å². The fraction of sp³-hybridized carbons (Fsp3) is 0.970. The first kappa shape index (κ1) is 37.4. The summed E-state index contributed by atoms with van der Waals surface area (Å²) < 4.78 is 5.75. The quantitative estimate of drug-likeness (QED) is 0.0706. The average Bonchev–Trinajstić information content (AvgIpc) is 2.92. The maximum absolute atomic E-state index is 12.8. The summed E-state index contributed by atoms with van der Waals surface area (Å²) in [6, 6.07) is 0. The number of carbonyl (C=O) groups is 1. The summed E-state index contributed by atoms with van der Waals surface area (Å²) in [4.78, 5) is 15.2. The number of hydrogen-bond acceptors (Lipinski definition) is 5. The van der Waals surface area contributed by atoms with Gasteiger partial charge in [-0.05, 0) is 45.2 Å². The van der Waals surface area contributed by atoms with Gasteiger partial charge in [-0.25, -0.2) is 0 Å². The molecule has 0 saturated carbocycles. The van der Waals surface area contributed by atoms with Crippen LogP contribution in [0.3, 0.4) is 0 Å².